The van der Waals surface area contributed by atoms with E-state index in [1.54, 1.807) is 18.2 Å². The third-order valence-electron chi connectivity index (χ3n) is 8.42. The Bertz CT molecular complexity index is 1010. The van der Waals surface area contributed by atoms with Gasteiger partial charge in [-0.3, -0.25) is 0 Å². The van der Waals surface area contributed by atoms with Gasteiger partial charge in [0.05, 0.1) is 20.8 Å². The van der Waals surface area contributed by atoms with Crippen LogP contribution in [-0.4, -0.2) is 71.9 Å². The predicted molar refractivity (Wildman–Crippen MR) is 134 cm³/mol. The lowest BCUT2D eigenvalue weighted by molar-refractivity contribution is -0.0153. The molecule has 0 amide bonds. The maximum absolute atomic E-state index is 9.55. The lowest BCUT2D eigenvalue weighted by Crippen LogP contribution is -2.59. The number of rotatable bonds is 5. The van der Waals surface area contributed by atoms with Crippen LogP contribution in [0, 0.1) is 5.92 Å². The molecule has 2 bridgehead atoms. The summed E-state index contributed by atoms with van der Waals surface area (Å²) in [5.74, 6) is 2.07. The van der Waals surface area contributed by atoms with Gasteiger partial charge in [-0.25, -0.2) is 0 Å². The molecule has 5 rings (SSSR count). The first-order chi connectivity index (χ1) is 16.8. The third-order valence-corrected chi connectivity index (χ3v) is 8.42. The molecule has 5 atom stereocenters. The molecule has 3 unspecified atom stereocenters. The highest BCUT2D eigenvalue weighted by molar-refractivity contribution is 5.45. The van der Waals surface area contributed by atoms with E-state index in [0.29, 0.717) is 11.0 Å². The maximum Gasteiger partial charge on any atom is 0.160 e. The lowest BCUT2D eigenvalue weighted by Gasteiger charge is -2.58. The topological polar surface area (TPSA) is 103 Å². The Kier molecular flexibility index (Phi) is 7.91. The number of fused-ring (bicyclic) bond motifs is 1. The SMILES string of the molecule is COc1cc(C(O)C(O)CO)ccc1O.COc1ccc2c(c1)C13CCCC[C@@H]1[C@@H](C2)N(C)CC3. The van der Waals surface area contributed by atoms with Crippen LogP contribution in [-0.2, 0) is 11.8 Å². The monoisotopic (exact) mass is 485 g/mol. The second kappa shape index (κ2) is 10.7. The lowest BCUT2D eigenvalue weighted by atomic mass is 9.52. The Balaban J connectivity index is 0.000000174. The van der Waals surface area contributed by atoms with Crippen LogP contribution < -0.4 is 9.47 Å². The second-order valence-corrected chi connectivity index (χ2v) is 10.2. The fraction of sp³-hybridized carbons (Fsp3) is 0.571. The Hall–Kier alpha value is -2.32. The van der Waals surface area contributed by atoms with Crippen LogP contribution in [0.2, 0.25) is 0 Å². The Morgan fingerprint density at radius 2 is 1.86 bits per heavy atom. The zero-order valence-electron chi connectivity index (χ0n) is 21.0. The quantitative estimate of drug-likeness (QED) is 0.516. The van der Waals surface area contributed by atoms with Gasteiger partial charge in [0.1, 0.15) is 18.0 Å². The number of phenolic OH excluding ortho intramolecular Hbond substituents is 1. The number of hydrogen-bond acceptors (Lipinski definition) is 7. The standard InChI is InChI=1S/C18H25NO.C10H14O5/c1-19-10-9-18-8-4-3-5-15(18)17(19)11-13-6-7-14(20-2)12-16(13)18;1-15-9-4-6(2-3-7(9)12)10(14)8(13)5-11/h6-7,12,15,17H,3-5,8-11H2,1-2H3;2-4,8,10-14H,5H2,1H3/t15-,17-,18?;/m1./s1. The number of methoxy groups -OCH3 is 2. The minimum Gasteiger partial charge on any atom is -0.504 e. The summed E-state index contributed by atoms with van der Waals surface area (Å²) >= 11 is 0. The third kappa shape index (κ3) is 4.87. The van der Waals surface area contributed by atoms with E-state index in [9.17, 15) is 15.3 Å². The Morgan fingerprint density at radius 3 is 2.57 bits per heavy atom. The first-order valence-electron chi connectivity index (χ1n) is 12.6. The van der Waals surface area contributed by atoms with Gasteiger partial charge in [0, 0.05) is 11.5 Å². The van der Waals surface area contributed by atoms with E-state index in [1.165, 1.54) is 70.4 Å². The van der Waals surface area contributed by atoms with Gasteiger partial charge in [-0.05, 0) is 86.1 Å². The molecule has 2 aromatic rings. The van der Waals surface area contributed by atoms with Crippen molar-refractivity contribution in [3.05, 3.63) is 53.1 Å². The average Bonchev–Trinajstić information content (AvgIpc) is 2.90. The van der Waals surface area contributed by atoms with Crippen LogP contribution >= 0.6 is 0 Å². The Morgan fingerprint density at radius 1 is 1.06 bits per heavy atom. The zero-order chi connectivity index (χ0) is 25.2. The van der Waals surface area contributed by atoms with Crippen LogP contribution in [0.25, 0.3) is 0 Å². The number of nitrogens with zero attached hydrogens (tertiary/aromatic N) is 1. The number of likely N-dealkylation sites (N-methyl/N-ethyl adjacent to an activating group) is 1. The number of benzene rings is 2. The molecule has 0 spiro atoms. The van der Waals surface area contributed by atoms with Crippen molar-refractivity contribution >= 4 is 0 Å². The van der Waals surface area contributed by atoms with Crippen molar-refractivity contribution in [2.45, 2.75) is 62.2 Å². The van der Waals surface area contributed by atoms with Crippen LogP contribution in [0.5, 0.6) is 17.2 Å². The summed E-state index contributed by atoms with van der Waals surface area (Å²) in [6.07, 6.45) is 5.77. The van der Waals surface area contributed by atoms with E-state index in [4.69, 9.17) is 14.6 Å². The summed E-state index contributed by atoms with van der Waals surface area (Å²) in [6.45, 7) is 0.724. The van der Waals surface area contributed by atoms with Gasteiger partial charge >= 0.3 is 0 Å². The van der Waals surface area contributed by atoms with Crippen molar-refractivity contribution in [3.63, 3.8) is 0 Å². The van der Waals surface area contributed by atoms with Gasteiger partial charge in [-0.2, -0.15) is 0 Å². The number of aliphatic hydroxyl groups is 3. The van der Waals surface area contributed by atoms with E-state index in [-0.39, 0.29) is 11.5 Å². The molecule has 0 radical (unpaired) electrons. The molecule has 0 aromatic heterocycles. The van der Waals surface area contributed by atoms with Crippen molar-refractivity contribution in [3.8, 4) is 17.2 Å². The number of aliphatic hydroxyl groups excluding tert-OH is 3. The molecule has 2 fully saturated rings. The normalized spacial score (nSPS) is 26.9. The second-order valence-electron chi connectivity index (χ2n) is 10.2. The van der Waals surface area contributed by atoms with Gasteiger partial charge in [-0.15, -0.1) is 0 Å². The van der Waals surface area contributed by atoms with Gasteiger partial charge in [0.15, 0.2) is 11.5 Å². The van der Waals surface area contributed by atoms with E-state index in [1.807, 2.05) is 0 Å². The number of likely N-dealkylation sites (tertiary alicyclic amines) is 1. The number of hydrogen-bond donors (Lipinski definition) is 4. The number of aromatic hydroxyl groups is 1. The van der Waals surface area contributed by atoms with Crippen molar-refractivity contribution in [2.24, 2.45) is 5.92 Å². The van der Waals surface area contributed by atoms with Crippen molar-refractivity contribution in [1.82, 2.24) is 4.90 Å². The van der Waals surface area contributed by atoms with E-state index >= 15 is 0 Å². The minimum atomic E-state index is -1.25. The summed E-state index contributed by atoms with van der Waals surface area (Å²) in [5.41, 5.74) is 4.04. The largest absolute Gasteiger partial charge is 0.504 e. The predicted octanol–water partition coefficient (Wildman–Crippen LogP) is 3.17. The number of phenols is 1. The first-order valence-corrected chi connectivity index (χ1v) is 12.6. The fourth-order valence-corrected chi connectivity index (χ4v) is 6.50. The summed E-state index contributed by atoms with van der Waals surface area (Å²) < 4.78 is 10.3. The summed E-state index contributed by atoms with van der Waals surface area (Å²) in [4.78, 5) is 2.63. The molecular weight excluding hydrogens is 446 g/mol. The smallest absolute Gasteiger partial charge is 0.160 e. The Labute approximate surface area is 207 Å². The number of ether oxygens (including phenoxy) is 2. The zero-order valence-corrected chi connectivity index (χ0v) is 21.0. The van der Waals surface area contributed by atoms with E-state index in [2.05, 4.69) is 30.1 Å². The molecular formula is C28H39NO6. The summed E-state index contributed by atoms with van der Waals surface area (Å²) in [7, 11) is 5.50. The van der Waals surface area contributed by atoms with Gasteiger partial charge in [-0.1, -0.05) is 25.0 Å². The molecule has 3 aliphatic rings. The van der Waals surface area contributed by atoms with Gasteiger partial charge < -0.3 is 34.8 Å². The molecule has 1 saturated heterocycles. The van der Waals surface area contributed by atoms with Crippen LogP contribution in [0.1, 0.15) is 54.9 Å². The molecule has 2 aromatic carbocycles. The molecule has 7 heteroatoms. The van der Waals surface area contributed by atoms with Crippen LogP contribution in [0.3, 0.4) is 0 Å². The highest BCUT2D eigenvalue weighted by Gasteiger charge is 2.53. The first kappa shape index (κ1) is 25.8. The number of piperidine rings is 1. The minimum absolute atomic E-state index is 0.0491. The highest BCUT2D eigenvalue weighted by atomic mass is 16.5. The molecule has 2 aliphatic carbocycles. The molecule has 192 valence electrons. The van der Waals surface area contributed by atoms with Crippen LogP contribution in [0.15, 0.2) is 36.4 Å². The highest BCUT2D eigenvalue weighted by Crippen LogP contribution is 2.55. The molecule has 7 nitrogen and oxygen atoms in total. The summed E-state index contributed by atoms with van der Waals surface area (Å²) in [6, 6.07) is 11.8. The van der Waals surface area contributed by atoms with Gasteiger partial charge in [0.2, 0.25) is 0 Å². The van der Waals surface area contributed by atoms with E-state index < -0.39 is 18.8 Å². The van der Waals surface area contributed by atoms with E-state index in [0.717, 1.165) is 17.7 Å². The van der Waals surface area contributed by atoms with Gasteiger partial charge in [0.25, 0.3) is 0 Å². The molecule has 4 N–H and O–H groups in total. The molecule has 35 heavy (non-hydrogen) atoms. The van der Waals surface area contributed by atoms with Crippen molar-refractivity contribution in [2.75, 3.05) is 34.4 Å². The molecule has 1 saturated carbocycles. The molecule has 1 aliphatic heterocycles. The van der Waals surface area contributed by atoms with Crippen molar-refractivity contribution < 1.29 is 29.9 Å². The van der Waals surface area contributed by atoms with Crippen LogP contribution in [0.4, 0.5) is 0 Å². The maximum atomic E-state index is 9.55. The summed E-state index contributed by atoms with van der Waals surface area (Å²) in [5, 5.41) is 36.7. The fourth-order valence-electron chi connectivity index (χ4n) is 6.50. The molecule has 1 heterocycles. The van der Waals surface area contributed by atoms with Crippen molar-refractivity contribution in [1.29, 1.82) is 0 Å². The average molecular weight is 486 g/mol.